The Bertz CT molecular complexity index is 539. The predicted octanol–water partition coefficient (Wildman–Crippen LogP) is 3.26. The fourth-order valence-electron chi connectivity index (χ4n) is 2.42. The van der Waals surface area contributed by atoms with Crippen molar-refractivity contribution in [2.24, 2.45) is 0 Å². The van der Waals surface area contributed by atoms with Gasteiger partial charge in [0.2, 0.25) is 5.91 Å². The summed E-state index contributed by atoms with van der Waals surface area (Å²) < 4.78 is 0. The molecule has 1 heterocycles. The Labute approximate surface area is 129 Å². The fraction of sp³-hybridized carbons (Fsp3) is 0.353. The summed E-state index contributed by atoms with van der Waals surface area (Å²) in [6.07, 6.45) is 1.85. The third-order valence-electron chi connectivity index (χ3n) is 3.61. The number of amides is 1. The Hall–Kier alpha value is -1.65. The molecule has 2 aromatic rings. The molecule has 1 N–H and O–H groups in total. The zero-order chi connectivity index (χ0) is 15.1. The lowest BCUT2D eigenvalue weighted by Gasteiger charge is -2.28. The molecule has 0 spiro atoms. The molecule has 0 aliphatic heterocycles. The largest absolute Gasteiger partial charge is 0.396 e. The number of aliphatic hydroxyl groups is 1. The Morgan fingerprint density at radius 3 is 2.62 bits per heavy atom. The molecule has 2 rings (SSSR count). The van der Waals surface area contributed by atoms with Gasteiger partial charge in [-0.15, -0.1) is 11.3 Å². The molecule has 112 valence electrons. The average Bonchev–Trinajstić information content (AvgIpc) is 3.04. The highest BCUT2D eigenvalue weighted by Crippen LogP contribution is 2.24. The smallest absolute Gasteiger partial charge is 0.223 e. The zero-order valence-corrected chi connectivity index (χ0v) is 13.1. The third kappa shape index (κ3) is 4.41. The van der Waals surface area contributed by atoms with Gasteiger partial charge in [-0.2, -0.15) is 0 Å². The van der Waals surface area contributed by atoms with Crippen LogP contribution < -0.4 is 0 Å². The second-order valence-corrected chi connectivity index (χ2v) is 6.06. The van der Waals surface area contributed by atoms with Gasteiger partial charge >= 0.3 is 0 Å². The van der Waals surface area contributed by atoms with Gasteiger partial charge in [-0.3, -0.25) is 4.79 Å². The zero-order valence-electron chi connectivity index (χ0n) is 12.2. The Kier molecular flexibility index (Phi) is 5.96. The Balaban J connectivity index is 2.00. The lowest BCUT2D eigenvalue weighted by Crippen LogP contribution is -2.32. The molecule has 0 saturated heterocycles. The van der Waals surface area contributed by atoms with Crippen LogP contribution in [-0.2, 0) is 11.2 Å². The Morgan fingerprint density at radius 1 is 1.24 bits per heavy atom. The number of hydrogen-bond donors (Lipinski definition) is 1. The van der Waals surface area contributed by atoms with E-state index in [-0.39, 0.29) is 18.6 Å². The summed E-state index contributed by atoms with van der Waals surface area (Å²) in [6, 6.07) is 13.9. The molecular weight excluding hydrogens is 282 g/mol. The van der Waals surface area contributed by atoms with Crippen molar-refractivity contribution in [1.82, 2.24) is 4.90 Å². The standard InChI is InChI=1S/C17H21NO2S/c1-18(17(20)10-9-15-8-5-13-21-15)16(11-12-19)14-6-3-2-4-7-14/h2-8,13,16,19H,9-12H2,1H3. The van der Waals surface area contributed by atoms with Crippen LogP contribution in [0.1, 0.15) is 29.3 Å². The molecule has 0 aliphatic carbocycles. The van der Waals surface area contributed by atoms with Gasteiger partial charge in [-0.1, -0.05) is 36.4 Å². The van der Waals surface area contributed by atoms with Crippen molar-refractivity contribution < 1.29 is 9.90 Å². The molecule has 1 aromatic heterocycles. The SMILES string of the molecule is CN(C(=O)CCc1cccs1)C(CCO)c1ccccc1. The molecular formula is C17H21NO2S. The third-order valence-corrected chi connectivity index (χ3v) is 4.55. The lowest BCUT2D eigenvalue weighted by molar-refractivity contribution is -0.132. The van der Waals surface area contributed by atoms with Crippen LogP contribution in [0.3, 0.4) is 0 Å². The van der Waals surface area contributed by atoms with Crippen molar-refractivity contribution >= 4 is 17.2 Å². The average molecular weight is 303 g/mol. The van der Waals surface area contributed by atoms with Crippen LogP contribution in [0.25, 0.3) is 0 Å². The molecule has 1 aromatic carbocycles. The summed E-state index contributed by atoms with van der Waals surface area (Å²) in [4.78, 5) is 15.4. The fourth-order valence-corrected chi connectivity index (χ4v) is 3.13. The molecule has 3 nitrogen and oxygen atoms in total. The van der Waals surface area contributed by atoms with Crippen molar-refractivity contribution in [1.29, 1.82) is 0 Å². The van der Waals surface area contributed by atoms with Gasteiger partial charge in [0, 0.05) is 25.0 Å². The number of thiophene rings is 1. The van der Waals surface area contributed by atoms with Crippen LogP contribution in [0, 0.1) is 0 Å². The first kappa shape index (κ1) is 15.7. The van der Waals surface area contributed by atoms with Crippen molar-refractivity contribution in [2.75, 3.05) is 13.7 Å². The van der Waals surface area contributed by atoms with Crippen LogP contribution in [0.2, 0.25) is 0 Å². The normalized spacial score (nSPS) is 12.1. The Morgan fingerprint density at radius 2 is 2.00 bits per heavy atom. The minimum absolute atomic E-state index is 0.0629. The summed E-state index contributed by atoms with van der Waals surface area (Å²) in [5, 5.41) is 11.3. The maximum Gasteiger partial charge on any atom is 0.223 e. The van der Waals surface area contributed by atoms with Crippen molar-refractivity contribution in [3.8, 4) is 0 Å². The van der Waals surface area contributed by atoms with Gasteiger partial charge in [-0.25, -0.2) is 0 Å². The van der Waals surface area contributed by atoms with Crippen molar-refractivity contribution in [3.05, 3.63) is 58.3 Å². The maximum absolute atomic E-state index is 12.4. The number of aliphatic hydroxyl groups excluding tert-OH is 1. The van der Waals surface area contributed by atoms with Crippen LogP contribution in [-0.4, -0.2) is 29.6 Å². The minimum Gasteiger partial charge on any atom is -0.396 e. The topological polar surface area (TPSA) is 40.5 Å². The molecule has 4 heteroatoms. The first-order valence-electron chi connectivity index (χ1n) is 7.16. The highest BCUT2D eigenvalue weighted by molar-refractivity contribution is 7.09. The monoisotopic (exact) mass is 303 g/mol. The molecule has 0 bridgehead atoms. The molecule has 1 atom stereocenters. The van der Waals surface area contributed by atoms with E-state index in [1.807, 2.05) is 48.8 Å². The minimum atomic E-state index is -0.0629. The number of benzene rings is 1. The summed E-state index contributed by atoms with van der Waals surface area (Å²) in [5.74, 6) is 0.116. The lowest BCUT2D eigenvalue weighted by atomic mass is 10.0. The molecule has 0 fully saturated rings. The van der Waals surface area contributed by atoms with Crippen LogP contribution in [0.4, 0.5) is 0 Å². The van der Waals surface area contributed by atoms with E-state index in [1.54, 1.807) is 16.2 Å². The van der Waals surface area contributed by atoms with Crippen LogP contribution in [0.5, 0.6) is 0 Å². The van der Waals surface area contributed by atoms with Crippen molar-refractivity contribution in [3.63, 3.8) is 0 Å². The first-order valence-corrected chi connectivity index (χ1v) is 8.04. The summed E-state index contributed by atoms with van der Waals surface area (Å²) in [5.41, 5.74) is 1.07. The number of aryl methyl sites for hydroxylation is 1. The molecule has 1 unspecified atom stereocenters. The number of carbonyl (C=O) groups is 1. The highest BCUT2D eigenvalue weighted by Gasteiger charge is 2.20. The van der Waals surface area contributed by atoms with Gasteiger partial charge < -0.3 is 10.0 Å². The van der Waals surface area contributed by atoms with E-state index < -0.39 is 0 Å². The second-order valence-electron chi connectivity index (χ2n) is 5.02. The van der Waals surface area contributed by atoms with Gasteiger partial charge in [0.1, 0.15) is 0 Å². The van der Waals surface area contributed by atoms with E-state index in [4.69, 9.17) is 0 Å². The van der Waals surface area contributed by atoms with E-state index in [2.05, 4.69) is 6.07 Å². The number of nitrogens with zero attached hydrogens (tertiary/aromatic N) is 1. The molecule has 21 heavy (non-hydrogen) atoms. The first-order chi connectivity index (χ1) is 10.2. The quantitative estimate of drug-likeness (QED) is 0.853. The van der Waals surface area contributed by atoms with Crippen LogP contribution in [0.15, 0.2) is 47.8 Å². The molecule has 0 radical (unpaired) electrons. The predicted molar refractivity (Wildman–Crippen MR) is 86.3 cm³/mol. The van der Waals surface area contributed by atoms with Gasteiger partial charge in [-0.05, 0) is 29.9 Å². The molecule has 0 aliphatic rings. The van der Waals surface area contributed by atoms with E-state index in [9.17, 15) is 9.90 Å². The van der Waals surface area contributed by atoms with E-state index in [0.29, 0.717) is 12.8 Å². The highest BCUT2D eigenvalue weighted by atomic mass is 32.1. The maximum atomic E-state index is 12.4. The molecule has 0 saturated carbocycles. The summed E-state index contributed by atoms with van der Waals surface area (Å²) >= 11 is 1.68. The summed E-state index contributed by atoms with van der Waals surface area (Å²) in [7, 11) is 1.82. The number of hydrogen-bond acceptors (Lipinski definition) is 3. The number of carbonyl (C=O) groups excluding carboxylic acids is 1. The molecule has 1 amide bonds. The van der Waals surface area contributed by atoms with E-state index >= 15 is 0 Å². The van der Waals surface area contributed by atoms with Crippen molar-refractivity contribution in [2.45, 2.75) is 25.3 Å². The summed E-state index contributed by atoms with van der Waals surface area (Å²) in [6.45, 7) is 0.0715. The van der Waals surface area contributed by atoms with E-state index in [1.165, 1.54) is 4.88 Å². The van der Waals surface area contributed by atoms with Gasteiger partial charge in [0.05, 0.1) is 6.04 Å². The second kappa shape index (κ2) is 7.96. The van der Waals surface area contributed by atoms with Gasteiger partial charge in [0.25, 0.3) is 0 Å². The van der Waals surface area contributed by atoms with Crippen LogP contribution >= 0.6 is 11.3 Å². The van der Waals surface area contributed by atoms with E-state index in [0.717, 1.165) is 12.0 Å². The number of rotatable bonds is 7. The van der Waals surface area contributed by atoms with Gasteiger partial charge in [0.15, 0.2) is 0 Å².